The topological polar surface area (TPSA) is 85.0 Å². The summed E-state index contributed by atoms with van der Waals surface area (Å²) in [6.07, 6.45) is 4.67. The molecule has 2 rings (SSSR count). The quantitative estimate of drug-likeness (QED) is 0.409. The van der Waals surface area contributed by atoms with E-state index < -0.39 is 6.23 Å². The van der Waals surface area contributed by atoms with Crippen molar-refractivity contribution in [2.24, 2.45) is 5.73 Å². The lowest BCUT2D eigenvalue weighted by Crippen LogP contribution is -2.33. The number of nitrogens with zero attached hydrogens (tertiary/aromatic N) is 1. The summed E-state index contributed by atoms with van der Waals surface area (Å²) in [6, 6.07) is 3.96. The third-order valence-corrected chi connectivity index (χ3v) is 4.57. The number of ether oxygens (including phenoxy) is 2. The summed E-state index contributed by atoms with van der Waals surface area (Å²) < 4.78 is 11.3. The molecule has 24 heavy (non-hydrogen) atoms. The van der Waals surface area contributed by atoms with Crippen molar-refractivity contribution >= 4 is 6.41 Å². The molecule has 0 radical (unpaired) electrons. The fourth-order valence-corrected chi connectivity index (χ4v) is 3.10. The van der Waals surface area contributed by atoms with Crippen LogP contribution in [0, 0.1) is 0 Å². The van der Waals surface area contributed by atoms with Crippen molar-refractivity contribution in [3.63, 3.8) is 0 Å². The highest BCUT2D eigenvalue weighted by atomic mass is 16.5. The molecule has 0 fully saturated rings. The van der Waals surface area contributed by atoms with Gasteiger partial charge >= 0.3 is 0 Å². The number of benzene rings is 1. The predicted molar refractivity (Wildman–Crippen MR) is 92.0 cm³/mol. The van der Waals surface area contributed by atoms with E-state index in [2.05, 4.69) is 0 Å². The monoisotopic (exact) mass is 336 g/mol. The van der Waals surface area contributed by atoms with Gasteiger partial charge in [-0.3, -0.25) is 10.5 Å². The second-order valence-electron chi connectivity index (χ2n) is 6.20. The van der Waals surface area contributed by atoms with Crippen LogP contribution in [0.1, 0.15) is 49.8 Å². The molecule has 0 aromatic heterocycles. The van der Waals surface area contributed by atoms with Crippen LogP contribution in [0.2, 0.25) is 0 Å². The standard InChI is InChI=1S/C18H28N2O4/c1-13-15-11-16(23-2)17(10-14(15)7-8-20(13)12-22)24-18(19)6-4-3-5-9-21/h10-13,18,21H,3-9,19H2,1-2H3. The molecule has 0 saturated heterocycles. The number of nitrogens with two attached hydrogens (primary N) is 1. The lowest BCUT2D eigenvalue weighted by atomic mass is 9.93. The molecule has 0 bridgehead atoms. The van der Waals surface area contributed by atoms with Crippen LogP contribution in [-0.2, 0) is 11.2 Å². The van der Waals surface area contributed by atoms with Gasteiger partial charge in [-0.2, -0.15) is 0 Å². The molecule has 1 aliphatic heterocycles. The smallest absolute Gasteiger partial charge is 0.210 e. The molecule has 0 aliphatic carbocycles. The van der Waals surface area contributed by atoms with Crippen LogP contribution in [0.4, 0.5) is 0 Å². The van der Waals surface area contributed by atoms with E-state index in [0.29, 0.717) is 18.0 Å². The van der Waals surface area contributed by atoms with Crippen LogP contribution in [0.15, 0.2) is 12.1 Å². The Bertz CT molecular complexity index is 550. The van der Waals surface area contributed by atoms with Gasteiger partial charge in [0.15, 0.2) is 11.5 Å². The predicted octanol–water partition coefficient (Wildman–Crippen LogP) is 1.99. The number of aliphatic hydroxyl groups is 1. The molecule has 1 aromatic carbocycles. The molecule has 3 N–H and O–H groups in total. The fourth-order valence-electron chi connectivity index (χ4n) is 3.10. The molecule has 2 atom stereocenters. The third kappa shape index (κ3) is 4.39. The molecule has 1 aliphatic rings. The zero-order chi connectivity index (χ0) is 17.5. The number of unbranched alkanes of at least 4 members (excludes halogenated alkanes) is 2. The Morgan fingerprint density at radius 2 is 2.17 bits per heavy atom. The molecule has 134 valence electrons. The number of aliphatic hydroxyl groups excluding tert-OH is 1. The van der Waals surface area contributed by atoms with Gasteiger partial charge in [0.2, 0.25) is 6.41 Å². The zero-order valence-corrected chi connectivity index (χ0v) is 14.5. The highest BCUT2D eigenvalue weighted by Crippen LogP contribution is 2.37. The number of methoxy groups -OCH3 is 1. The van der Waals surface area contributed by atoms with E-state index in [4.69, 9.17) is 20.3 Å². The summed E-state index contributed by atoms with van der Waals surface area (Å²) in [5, 5.41) is 8.80. The molecule has 0 spiro atoms. The van der Waals surface area contributed by atoms with E-state index in [1.54, 1.807) is 12.0 Å². The second-order valence-corrected chi connectivity index (χ2v) is 6.20. The van der Waals surface area contributed by atoms with Gasteiger partial charge in [0.05, 0.1) is 13.2 Å². The molecule has 1 heterocycles. The van der Waals surface area contributed by atoms with E-state index >= 15 is 0 Å². The highest BCUT2D eigenvalue weighted by Gasteiger charge is 2.25. The van der Waals surface area contributed by atoms with Crippen molar-refractivity contribution in [1.82, 2.24) is 4.90 Å². The van der Waals surface area contributed by atoms with Gasteiger partial charge in [0.1, 0.15) is 6.23 Å². The average Bonchev–Trinajstić information content (AvgIpc) is 2.59. The summed E-state index contributed by atoms with van der Waals surface area (Å²) in [5.41, 5.74) is 8.33. The van der Waals surface area contributed by atoms with Crippen molar-refractivity contribution in [2.45, 2.75) is 51.3 Å². The van der Waals surface area contributed by atoms with E-state index in [9.17, 15) is 4.79 Å². The van der Waals surface area contributed by atoms with Crippen LogP contribution in [0.5, 0.6) is 11.5 Å². The van der Waals surface area contributed by atoms with Gasteiger partial charge in [-0.05, 0) is 55.9 Å². The Morgan fingerprint density at radius 3 is 2.83 bits per heavy atom. The average molecular weight is 336 g/mol. The lowest BCUT2D eigenvalue weighted by molar-refractivity contribution is -0.120. The minimum Gasteiger partial charge on any atom is -0.493 e. The number of carbonyl (C=O) groups excluding carboxylic acids is 1. The number of amides is 1. The van der Waals surface area contributed by atoms with Crippen LogP contribution in [-0.4, -0.2) is 42.9 Å². The van der Waals surface area contributed by atoms with Gasteiger partial charge in [0, 0.05) is 13.2 Å². The van der Waals surface area contributed by atoms with Crippen molar-refractivity contribution in [3.05, 3.63) is 23.3 Å². The Hall–Kier alpha value is -1.79. The number of hydrogen-bond donors (Lipinski definition) is 2. The molecule has 6 nitrogen and oxygen atoms in total. The largest absolute Gasteiger partial charge is 0.493 e. The number of fused-ring (bicyclic) bond motifs is 1. The molecule has 1 aromatic rings. The number of hydrogen-bond acceptors (Lipinski definition) is 5. The van der Waals surface area contributed by atoms with Crippen molar-refractivity contribution < 1.29 is 19.4 Å². The number of carbonyl (C=O) groups is 1. The van der Waals surface area contributed by atoms with Gasteiger partial charge in [-0.1, -0.05) is 6.42 Å². The Kier molecular flexibility index (Phi) is 6.87. The molecular formula is C18H28N2O4. The summed E-state index contributed by atoms with van der Waals surface area (Å²) in [6.45, 7) is 2.93. The third-order valence-electron chi connectivity index (χ3n) is 4.57. The first-order valence-electron chi connectivity index (χ1n) is 8.55. The van der Waals surface area contributed by atoms with Gasteiger partial charge in [0.25, 0.3) is 0 Å². The summed E-state index contributed by atoms with van der Waals surface area (Å²) in [7, 11) is 1.60. The van der Waals surface area contributed by atoms with Crippen LogP contribution >= 0.6 is 0 Å². The summed E-state index contributed by atoms with van der Waals surface area (Å²) in [4.78, 5) is 12.9. The highest BCUT2D eigenvalue weighted by molar-refractivity contribution is 5.54. The first kappa shape index (κ1) is 18.5. The Morgan fingerprint density at radius 1 is 1.38 bits per heavy atom. The maximum absolute atomic E-state index is 11.1. The van der Waals surface area contributed by atoms with Crippen LogP contribution < -0.4 is 15.2 Å². The minimum absolute atomic E-state index is 0.0290. The van der Waals surface area contributed by atoms with Gasteiger partial charge in [-0.15, -0.1) is 0 Å². The Balaban J connectivity index is 2.09. The van der Waals surface area contributed by atoms with Crippen molar-refractivity contribution in [2.75, 3.05) is 20.3 Å². The minimum atomic E-state index is -0.400. The normalized spacial score (nSPS) is 18.0. The van der Waals surface area contributed by atoms with E-state index in [1.807, 2.05) is 19.1 Å². The first-order chi connectivity index (χ1) is 11.6. The summed E-state index contributed by atoms with van der Waals surface area (Å²) in [5.74, 6) is 1.29. The fraction of sp³-hybridized carbons (Fsp3) is 0.611. The molecule has 2 unspecified atom stereocenters. The van der Waals surface area contributed by atoms with Crippen LogP contribution in [0.3, 0.4) is 0 Å². The van der Waals surface area contributed by atoms with E-state index in [0.717, 1.165) is 44.1 Å². The first-order valence-corrected chi connectivity index (χ1v) is 8.55. The van der Waals surface area contributed by atoms with Gasteiger partial charge in [-0.25, -0.2) is 0 Å². The van der Waals surface area contributed by atoms with E-state index in [-0.39, 0.29) is 12.6 Å². The maximum atomic E-state index is 11.1. The van der Waals surface area contributed by atoms with Crippen molar-refractivity contribution in [3.8, 4) is 11.5 Å². The van der Waals surface area contributed by atoms with Gasteiger partial charge < -0.3 is 19.5 Å². The maximum Gasteiger partial charge on any atom is 0.210 e. The molecule has 0 saturated carbocycles. The Labute approximate surface area is 143 Å². The lowest BCUT2D eigenvalue weighted by Gasteiger charge is -2.33. The van der Waals surface area contributed by atoms with Crippen molar-refractivity contribution in [1.29, 1.82) is 0 Å². The number of rotatable bonds is 9. The molecular weight excluding hydrogens is 308 g/mol. The second kappa shape index (κ2) is 8.89. The SMILES string of the molecule is COc1cc2c(cc1OC(N)CCCCCO)CCN(C=O)C2C. The molecule has 1 amide bonds. The zero-order valence-electron chi connectivity index (χ0n) is 14.5. The van der Waals surface area contributed by atoms with E-state index in [1.165, 1.54) is 5.56 Å². The molecule has 6 heteroatoms. The summed E-state index contributed by atoms with van der Waals surface area (Å²) >= 11 is 0. The van der Waals surface area contributed by atoms with Crippen LogP contribution in [0.25, 0.3) is 0 Å².